The molecule has 9 heteroatoms. The lowest BCUT2D eigenvalue weighted by atomic mass is 10.1. The van der Waals surface area contributed by atoms with Gasteiger partial charge in [-0.25, -0.2) is 0 Å². The molecular weight excluding hydrogens is 366 g/mol. The molecule has 2 aromatic rings. The number of nitro groups is 1. The minimum absolute atomic E-state index is 0.0852. The molecule has 28 heavy (non-hydrogen) atoms. The van der Waals surface area contributed by atoms with Gasteiger partial charge >= 0.3 is 0 Å². The van der Waals surface area contributed by atoms with Crippen LogP contribution < -0.4 is 20.3 Å². The Labute approximate surface area is 161 Å². The molecule has 2 amide bonds. The van der Waals surface area contributed by atoms with Gasteiger partial charge in [-0.05, 0) is 57.2 Å². The van der Waals surface area contributed by atoms with Crippen molar-refractivity contribution in [1.82, 2.24) is 10.9 Å². The van der Waals surface area contributed by atoms with E-state index in [0.29, 0.717) is 23.7 Å². The van der Waals surface area contributed by atoms with Crippen molar-refractivity contribution in [3.05, 3.63) is 63.7 Å². The van der Waals surface area contributed by atoms with Gasteiger partial charge in [-0.2, -0.15) is 0 Å². The standard InChI is InChI=1S/C19H21N3O6/c1-4-27-15-6-8-16(9-7-15)28-13(3)18(23)20-21-19(24)14-5-10-17(22(25)26)12(2)11-14/h5-11,13H,4H2,1-3H3,(H,20,23)(H,21,24)/t13-/m0/s1. The lowest BCUT2D eigenvalue weighted by Crippen LogP contribution is -2.47. The molecule has 0 aromatic heterocycles. The lowest BCUT2D eigenvalue weighted by molar-refractivity contribution is -0.385. The Kier molecular flexibility index (Phi) is 6.91. The second kappa shape index (κ2) is 9.36. The maximum Gasteiger partial charge on any atom is 0.279 e. The van der Waals surface area contributed by atoms with Gasteiger partial charge in [-0.15, -0.1) is 0 Å². The fourth-order valence-electron chi connectivity index (χ4n) is 2.33. The van der Waals surface area contributed by atoms with Crippen LogP contribution >= 0.6 is 0 Å². The van der Waals surface area contributed by atoms with Crippen molar-refractivity contribution in [2.75, 3.05) is 6.61 Å². The number of aryl methyl sites for hydroxylation is 1. The summed E-state index contributed by atoms with van der Waals surface area (Å²) in [6.07, 6.45) is -0.864. The van der Waals surface area contributed by atoms with E-state index in [9.17, 15) is 19.7 Å². The molecule has 2 N–H and O–H groups in total. The number of hydrazine groups is 1. The number of benzene rings is 2. The van der Waals surface area contributed by atoms with Crippen LogP contribution in [0.5, 0.6) is 11.5 Å². The molecule has 0 aliphatic carbocycles. The van der Waals surface area contributed by atoms with E-state index in [0.717, 1.165) is 0 Å². The molecule has 0 saturated carbocycles. The molecular formula is C19H21N3O6. The van der Waals surface area contributed by atoms with Crippen molar-refractivity contribution in [2.24, 2.45) is 0 Å². The molecule has 0 radical (unpaired) electrons. The third-order valence-electron chi connectivity index (χ3n) is 3.77. The van der Waals surface area contributed by atoms with Gasteiger partial charge in [0.2, 0.25) is 0 Å². The van der Waals surface area contributed by atoms with E-state index in [2.05, 4.69) is 10.9 Å². The van der Waals surface area contributed by atoms with E-state index in [1.54, 1.807) is 24.3 Å². The number of carbonyl (C=O) groups is 2. The van der Waals surface area contributed by atoms with Crippen molar-refractivity contribution in [2.45, 2.75) is 26.9 Å². The van der Waals surface area contributed by atoms with Crippen LogP contribution in [0.1, 0.15) is 29.8 Å². The summed E-state index contributed by atoms with van der Waals surface area (Å²) < 4.78 is 10.8. The molecule has 0 saturated heterocycles. The van der Waals surface area contributed by atoms with Crippen LogP contribution in [0.4, 0.5) is 5.69 Å². The zero-order valence-electron chi connectivity index (χ0n) is 15.7. The highest BCUT2D eigenvalue weighted by Gasteiger charge is 2.17. The number of hydrogen-bond donors (Lipinski definition) is 2. The lowest BCUT2D eigenvalue weighted by Gasteiger charge is -2.15. The summed E-state index contributed by atoms with van der Waals surface area (Å²) in [7, 11) is 0. The summed E-state index contributed by atoms with van der Waals surface area (Å²) in [5.41, 5.74) is 4.97. The van der Waals surface area contributed by atoms with E-state index in [-0.39, 0.29) is 11.3 Å². The average molecular weight is 387 g/mol. The number of nitrogens with zero attached hydrogens (tertiary/aromatic N) is 1. The number of nitrogens with one attached hydrogen (secondary N) is 2. The molecule has 0 aliphatic rings. The Bertz CT molecular complexity index is 866. The van der Waals surface area contributed by atoms with Crippen LogP contribution in [0.15, 0.2) is 42.5 Å². The van der Waals surface area contributed by atoms with Gasteiger partial charge in [-0.3, -0.25) is 30.6 Å². The SMILES string of the molecule is CCOc1ccc(O[C@@H](C)C(=O)NNC(=O)c2ccc([N+](=O)[O-])c(C)c2)cc1. The Morgan fingerprint density at radius 1 is 1.11 bits per heavy atom. The Morgan fingerprint density at radius 3 is 2.32 bits per heavy atom. The largest absolute Gasteiger partial charge is 0.494 e. The summed E-state index contributed by atoms with van der Waals surface area (Å²) in [4.78, 5) is 34.5. The molecule has 9 nitrogen and oxygen atoms in total. The average Bonchev–Trinajstić information content (AvgIpc) is 2.67. The van der Waals surface area contributed by atoms with E-state index in [4.69, 9.17) is 9.47 Å². The molecule has 0 unspecified atom stereocenters. The van der Waals surface area contributed by atoms with Gasteiger partial charge < -0.3 is 9.47 Å². The molecule has 2 rings (SSSR count). The first-order valence-electron chi connectivity index (χ1n) is 8.56. The molecule has 0 heterocycles. The fourth-order valence-corrected chi connectivity index (χ4v) is 2.33. The topological polar surface area (TPSA) is 120 Å². The van der Waals surface area contributed by atoms with Gasteiger partial charge in [0, 0.05) is 17.2 Å². The van der Waals surface area contributed by atoms with Crippen LogP contribution in [-0.4, -0.2) is 29.4 Å². The van der Waals surface area contributed by atoms with Crippen LogP contribution in [-0.2, 0) is 4.79 Å². The first kappa shape index (κ1) is 20.7. The minimum atomic E-state index is -0.864. The van der Waals surface area contributed by atoms with Crippen molar-refractivity contribution < 1.29 is 24.0 Å². The number of rotatable bonds is 7. The quantitative estimate of drug-likeness (QED) is 0.556. The smallest absolute Gasteiger partial charge is 0.279 e. The maximum atomic E-state index is 12.1. The molecule has 0 fully saturated rings. The van der Waals surface area contributed by atoms with Gasteiger partial charge in [0.05, 0.1) is 11.5 Å². The summed E-state index contributed by atoms with van der Waals surface area (Å²) >= 11 is 0. The number of nitro benzene ring substituents is 1. The third kappa shape index (κ3) is 5.44. The molecule has 2 aromatic carbocycles. The predicted molar refractivity (Wildman–Crippen MR) is 101 cm³/mol. The molecule has 0 aliphatic heterocycles. The number of carbonyl (C=O) groups excluding carboxylic acids is 2. The van der Waals surface area contributed by atoms with Crippen LogP contribution in [0.3, 0.4) is 0 Å². The zero-order valence-corrected chi connectivity index (χ0v) is 15.7. The number of hydrogen-bond acceptors (Lipinski definition) is 6. The van der Waals surface area contributed by atoms with Crippen molar-refractivity contribution in [1.29, 1.82) is 0 Å². The number of amides is 2. The van der Waals surface area contributed by atoms with E-state index in [1.807, 2.05) is 6.92 Å². The maximum absolute atomic E-state index is 12.1. The van der Waals surface area contributed by atoms with Gasteiger partial charge in [0.1, 0.15) is 11.5 Å². The highest BCUT2D eigenvalue weighted by molar-refractivity contribution is 5.96. The predicted octanol–water partition coefficient (Wildman–Crippen LogP) is 2.53. The summed E-state index contributed by atoms with van der Waals surface area (Å²) in [6.45, 7) is 5.49. The Morgan fingerprint density at radius 2 is 1.75 bits per heavy atom. The van der Waals surface area contributed by atoms with E-state index < -0.39 is 22.8 Å². The highest BCUT2D eigenvalue weighted by atomic mass is 16.6. The van der Waals surface area contributed by atoms with Crippen LogP contribution in [0.25, 0.3) is 0 Å². The minimum Gasteiger partial charge on any atom is -0.494 e. The van der Waals surface area contributed by atoms with Crippen molar-refractivity contribution >= 4 is 17.5 Å². The molecule has 148 valence electrons. The summed E-state index contributed by atoms with van der Waals surface area (Å²) in [5, 5.41) is 10.8. The van der Waals surface area contributed by atoms with Gasteiger partial charge in [0.15, 0.2) is 6.10 Å². The van der Waals surface area contributed by atoms with Crippen molar-refractivity contribution in [3.63, 3.8) is 0 Å². The summed E-state index contributed by atoms with van der Waals surface area (Å²) in [5.74, 6) is 0.0153. The fraction of sp³-hybridized carbons (Fsp3) is 0.263. The zero-order chi connectivity index (χ0) is 20.7. The van der Waals surface area contributed by atoms with Crippen LogP contribution in [0, 0.1) is 17.0 Å². The van der Waals surface area contributed by atoms with Crippen LogP contribution in [0.2, 0.25) is 0 Å². The van der Waals surface area contributed by atoms with E-state index >= 15 is 0 Å². The normalized spacial score (nSPS) is 11.2. The molecule has 1 atom stereocenters. The number of ether oxygens (including phenoxy) is 2. The first-order valence-corrected chi connectivity index (χ1v) is 8.56. The van der Waals surface area contributed by atoms with Crippen molar-refractivity contribution in [3.8, 4) is 11.5 Å². The van der Waals surface area contributed by atoms with Gasteiger partial charge in [-0.1, -0.05) is 0 Å². The monoisotopic (exact) mass is 387 g/mol. The Balaban J connectivity index is 1.89. The second-order valence-corrected chi connectivity index (χ2v) is 5.87. The molecule has 0 spiro atoms. The first-order chi connectivity index (χ1) is 13.3. The third-order valence-corrected chi connectivity index (χ3v) is 3.77. The highest BCUT2D eigenvalue weighted by Crippen LogP contribution is 2.19. The molecule has 0 bridgehead atoms. The Hall–Kier alpha value is -3.62. The van der Waals surface area contributed by atoms with E-state index in [1.165, 1.54) is 32.0 Å². The summed E-state index contributed by atoms with van der Waals surface area (Å²) in [6, 6.07) is 10.7. The second-order valence-electron chi connectivity index (χ2n) is 5.87. The van der Waals surface area contributed by atoms with Gasteiger partial charge in [0.25, 0.3) is 17.5 Å².